The summed E-state index contributed by atoms with van der Waals surface area (Å²) in [6.07, 6.45) is 5.12. The third-order valence-corrected chi connectivity index (χ3v) is 11.9. The largest absolute Gasteiger partial charge is 0.394 e. The number of pyridine rings is 1. The lowest BCUT2D eigenvalue weighted by molar-refractivity contribution is -0.141. The molecule has 77 heavy (non-hydrogen) atoms. The van der Waals surface area contributed by atoms with Crippen LogP contribution in [0.1, 0.15) is 56.5 Å². The number of hydrogen-bond acceptors (Lipinski definition) is 13. The summed E-state index contributed by atoms with van der Waals surface area (Å²) in [6, 6.07) is 10.6. The maximum absolute atomic E-state index is 15.4. The molecule has 0 saturated heterocycles. The van der Waals surface area contributed by atoms with Crippen LogP contribution in [0.5, 0.6) is 0 Å². The molecule has 23 nitrogen and oxygen atoms in total. The molecule has 2 aromatic heterocycles. The molecule has 0 bridgehead atoms. The van der Waals surface area contributed by atoms with E-state index in [9.17, 15) is 62.5 Å². The average Bonchev–Trinajstić information content (AvgIpc) is 3.96. The highest BCUT2D eigenvalue weighted by molar-refractivity contribution is 6.14. The van der Waals surface area contributed by atoms with Crippen LogP contribution in [0.2, 0.25) is 0 Å². The SMILES string of the molecule is CC(C)(C)C(c1cc(-c2cc(F)ccc2F)cn1Cc1ccccc1)N(CCC(NC(=O)C(CC(N)=O)NC(=O)[C@@H](CO)NC(=O)CNC(=O)Cc1ccncc1)C(=O)NCCNC(=O)CN1C(=O)C=CC1=O)C(=O)CO. The first-order valence-electron chi connectivity index (χ1n) is 24.2. The average molecular weight is 1070 g/mol. The number of primary amides is 1. The molecule has 3 heterocycles. The van der Waals surface area contributed by atoms with Gasteiger partial charge < -0.3 is 57.3 Å². The predicted molar refractivity (Wildman–Crippen MR) is 270 cm³/mol. The minimum atomic E-state index is -1.86. The first kappa shape index (κ1) is 59.2. The Morgan fingerprint density at radius 3 is 2.03 bits per heavy atom. The molecular weight excluding hydrogens is 1010 g/mol. The summed E-state index contributed by atoms with van der Waals surface area (Å²) in [5.74, 6) is -10.3. The van der Waals surface area contributed by atoms with Crippen molar-refractivity contribution >= 4 is 59.1 Å². The minimum absolute atomic E-state index is 0.0805. The molecule has 10 amide bonds. The topological polar surface area (TPSA) is 334 Å². The Morgan fingerprint density at radius 2 is 1.39 bits per heavy atom. The maximum Gasteiger partial charge on any atom is 0.254 e. The Labute approximate surface area is 441 Å². The van der Waals surface area contributed by atoms with Crippen LogP contribution in [0.25, 0.3) is 11.1 Å². The summed E-state index contributed by atoms with van der Waals surface area (Å²) in [7, 11) is 0. The molecular formula is C52H61F2N11O12. The summed E-state index contributed by atoms with van der Waals surface area (Å²) >= 11 is 0. The highest BCUT2D eigenvalue weighted by Crippen LogP contribution is 2.41. The van der Waals surface area contributed by atoms with Crippen molar-refractivity contribution in [3.05, 3.63) is 126 Å². The van der Waals surface area contributed by atoms with Gasteiger partial charge in [-0.25, -0.2) is 8.78 Å². The number of amides is 10. The van der Waals surface area contributed by atoms with E-state index in [0.29, 0.717) is 16.2 Å². The van der Waals surface area contributed by atoms with E-state index < -0.39 is 146 Å². The van der Waals surface area contributed by atoms with E-state index in [1.54, 1.807) is 61.9 Å². The molecule has 10 N–H and O–H groups in total. The van der Waals surface area contributed by atoms with Crippen molar-refractivity contribution in [1.29, 1.82) is 0 Å². The highest BCUT2D eigenvalue weighted by Gasteiger charge is 2.39. The van der Waals surface area contributed by atoms with Crippen molar-refractivity contribution in [2.24, 2.45) is 11.1 Å². The summed E-state index contributed by atoms with van der Waals surface area (Å²) in [6.45, 7) is 1.24. The second kappa shape index (κ2) is 27.7. The number of aromatic nitrogens is 2. The summed E-state index contributed by atoms with van der Waals surface area (Å²) in [5.41, 5.74) is 6.52. The number of hydrogen-bond donors (Lipinski definition) is 9. The Hall–Kier alpha value is -8.71. The number of benzene rings is 2. The number of nitrogens with two attached hydrogens (primary N) is 1. The van der Waals surface area contributed by atoms with Gasteiger partial charge in [0.1, 0.15) is 42.9 Å². The van der Waals surface area contributed by atoms with Crippen LogP contribution in [0.15, 0.2) is 97.5 Å². The zero-order valence-corrected chi connectivity index (χ0v) is 42.4. The van der Waals surface area contributed by atoms with Gasteiger partial charge in [-0.15, -0.1) is 0 Å². The lowest BCUT2D eigenvalue weighted by Crippen LogP contribution is -2.59. The second-order valence-electron chi connectivity index (χ2n) is 18.8. The summed E-state index contributed by atoms with van der Waals surface area (Å²) in [4.78, 5) is 136. The van der Waals surface area contributed by atoms with E-state index in [4.69, 9.17) is 5.73 Å². The van der Waals surface area contributed by atoms with Crippen LogP contribution in [0, 0.1) is 17.0 Å². The van der Waals surface area contributed by atoms with Crippen molar-refractivity contribution in [3.63, 3.8) is 0 Å². The van der Waals surface area contributed by atoms with Gasteiger partial charge in [0.25, 0.3) is 11.8 Å². The number of nitrogens with one attached hydrogen (secondary N) is 6. The van der Waals surface area contributed by atoms with Crippen molar-refractivity contribution in [2.75, 3.05) is 45.9 Å². The van der Waals surface area contributed by atoms with E-state index in [-0.39, 0.29) is 37.2 Å². The molecule has 3 unspecified atom stereocenters. The fraction of sp³-hybridized carbons (Fsp3) is 0.365. The van der Waals surface area contributed by atoms with Gasteiger partial charge in [0.15, 0.2) is 0 Å². The van der Waals surface area contributed by atoms with Gasteiger partial charge in [0.05, 0.1) is 32.0 Å². The quantitative estimate of drug-likeness (QED) is 0.0256. The van der Waals surface area contributed by atoms with E-state index in [0.717, 1.165) is 35.9 Å². The van der Waals surface area contributed by atoms with E-state index in [2.05, 4.69) is 36.9 Å². The van der Waals surface area contributed by atoms with Crippen LogP contribution in [-0.4, -0.2) is 153 Å². The van der Waals surface area contributed by atoms with Crippen LogP contribution in [0.3, 0.4) is 0 Å². The van der Waals surface area contributed by atoms with E-state index in [1.165, 1.54) is 17.3 Å². The molecule has 2 aromatic carbocycles. The van der Waals surface area contributed by atoms with E-state index >= 15 is 4.39 Å². The molecule has 410 valence electrons. The van der Waals surface area contributed by atoms with E-state index in [1.807, 2.05) is 18.2 Å². The van der Waals surface area contributed by atoms with Gasteiger partial charge in [-0.3, -0.25) is 57.8 Å². The lowest BCUT2D eigenvalue weighted by atomic mass is 9.82. The highest BCUT2D eigenvalue weighted by atomic mass is 19.1. The van der Waals surface area contributed by atoms with Crippen molar-refractivity contribution in [3.8, 4) is 11.1 Å². The molecule has 0 aliphatic carbocycles. The van der Waals surface area contributed by atoms with Gasteiger partial charge in [-0.2, -0.15) is 0 Å². The standard InChI is InChI=1S/C52H61F2N11O12/c1-52(2,3)48(40-22-33(35-23-34(53)9-10-36(35)54)27-63(40)26-32-7-5-4-6-8-32)64(47(74)30-67)20-15-37(49(75)58-19-18-57-44(71)28-65-45(72)11-12-46(65)73)61-50(76)38(24-41(55)68)62-51(77)39(29-66)60-43(70)25-59-42(69)21-31-13-16-56-17-14-31/h4-14,16-17,22-23,27,37-39,48,66-67H,15,18-21,24-26,28-30H2,1-3H3,(H2,55,68)(H,57,71)(H,58,75)(H,59,69)(H,60,70)(H,61,76)(H,62,77)/t37?,38?,39-,48?/m1/s1. The van der Waals surface area contributed by atoms with Gasteiger partial charge in [-0.05, 0) is 59.4 Å². The normalized spacial score (nSPS) is 13.7. The monoisotopic (exact) mass is 1070 g/mol. The first-order chi connectivity index (χ1) is 36.6. The smallest absolute Gasteiger partial charge is 0.254 e. The van der Waals surface area contributed by atoms with Crippen molar-refractivity contribution in [2.45, 2.75) is 70.7 Å². The number of carbonyl (C=O) groups excluding carboxylic acids is 10. The molecule has 5 rings (SSSR count). The fourth-order valence-corrected chi connectivity index (χ4v) is 8.26. The Bertz CT molecular complexity index is 2820. The molecule has 0 radical (unpaired) electrons. The van der Waals surface area contributed by atoms with Crippen molar-refractivity contribution < 1.29 is 66.9 Å². The molecule has 25 heteroatoms. The Kier molecular flexibility index (Phi) is 21.3. The third kappa shape index (κ3) is 17.4. The number of carbonyl (C=O) groups is 10. The molecule has 0 spiro atoms. The van der Waals surface area contributed by atoms with Crippen LogP contribution in [0.4, 0.5) is 8.78 Å². The molecule has 4 atom stereocenters. The maximum atomic E-state index is 15.4. The molecule has 4 aromatic rings. The predicted octanol–water partition coefficient (Wildman–Crippen LogP) is -0.987. The lowest BCUT2D eigenvalue weighted by Gasteiger charge is -2.41. The van der Waals surface area contributed by atoms with Gasteiger partial charge in [0.2, 0.25) is 47.3 Å². The van der Waals surface area contributed by atoms with Crippen molar-refractivity contribution in [1.82, 2.24) is 51.3 Å². The number of imide groups is 1. The zero-order chi connectivity index (χ0) is 56.4. The Morgan fingerprint density at radius 1 is 0.740 bits per heavy atom. The number of rotatable bonds is 27. The number of halogens is 2. The molecule has 1 aliphatic heterocycles. The minimum Gasteiger partial charge on any atom is -0.394 e. The Balaban J connectivity index is 1.41. The number of aliphatic hydroxyl groups excluding tert-OH is 2. The second-order valence-corrected chi connectivity index (χ2v) is 18.8. The zero-order valence-electron chi connectivity index (χ0n) is 42.4. The fourth-order valence-electron chi connectivity index (χ4n) is 8.26. The van der Waals surface area contributed by atoms with Crippen LogP contribution >= 0.6 is 0 Å². The summed E-state index contributed by atoms with van der Waals surface area (Å²) < 4.78 is 31.7. The van der Waals surface area contributed by atoms with Gasteiger partial charge in [-0.1, -0.05) is 51.1 Å². The molecule has 0 saturated carbocycles. The third-order valence-electron chi connectivity index (χ3n) is 11.9. The van der Waals surface area contributed by atoms with Crippen LogP contribution in [-0.2, 0) is 60.9 Å². The van der Waals surface area contributed by atoms with Crippen LogP contribution < -0.4 is 37.6 Å². The van der Waals surface area contributed by atoms with Gasteiger partial charge in [0, 0.05) is 73.7 Å². The molecule has 0 fully saturated rings. The van der Waals surface area contributed by atoms with Gasteiger partial charge >= 0.3 is 0 Å². The summed E-state index contributed by atoms with van der Waals surface area (Å²) in [5, 5.41) is 34.8. The number of aliphatic hydroxyl groups is 2. The number of nitrogens with zero attached hydrogens (tertiary/aromatic N) is 4. The first-order valence-corrected chi connectivity index (χ1v) is 24.2. The molecule has 1 aliphatic rings.